The van der Waals surface area contributed by atoms with Crippen LogP contribution in [0.5, 0.6) is 0 Å². The van der Waals surface area contributed by atoms with Crippen LogP contribution in [0.3, 0.4) is 0 Å². The Morgan fingerprint density at radius 1 is 1.00 bits per heavy atom. The van der Waals surface area contributed by atoms with E-state index in [0.29, 0.717) is 0 Å². The second-order valence-corrected chi connectivity index (χ2v) is 6.57. The highest BCUT2D eigenvalue weighted by atomic mass is 16.4. The SMILES string of the molecule is Cc1ccc([C@@H]2C[C@H]3C[C@H]2[C@H](C(=O)O)[C@H]3C(=O)O)cc1C. The van der Waals surface area contributed by atoms with Crippen molar-refractivity contribution >= 4 is 11.9 Å². The van der Waals surface area contributed by atoms with Crippen LogP contribution in [-0.4, -0.2) is 22.2 Å². The van der Waals surface area contributed by atoms with Gasteiger partial charge in [-0.25, -0.2) is 0 Å². The first-order valence-electron chi connectivity index (χ1n) is 7.43. The van der Waals surface area contributed by atoms with Crippen LogP contribution in [0.15, 0.2) is 18.2 Å². The molecule has 0 spiro atoms. The molecule has 112 valence electrons. The molecule has 0 aromatic heterocycles. The number of carboxylic acid groups (broad SMARTS) is 2. The van der Waals surface area contributed by atoms with Gasteiger partial charge in [-0.05, 0) is 61.1 Å². The van der Waals surface area contributed by atoms with Crippen LogP contribution in [-0.2, 0) is 9.59 Å². The third-order valence-corrected chi connectivity index (χ3v) is 5.53. The van der Waals surface area contributed by atoms with Crippen molar-refractivity contribution in [3.8, 4) is 0 Å². The number of hydrogen-bond acceptors (Lipinski definition) is 2. The molecule has 2 fully saturated rings. The van der Waals surface area contributed by atoms with E-state index in [-0.39, 0.29) is 17.8 Å². The number of aliphatic carboxylic acids is 2. The zero-order chi connectivity index (χ0) is 15.3. The van der Waals surface area contributed by atoms with E-state index in [4.69, 9.17) is 0 Å². The summed E-state index contributed by atoms with van der Waals surface area (Å²) in [6, 6.07) is 6.28. The Labute approximate surface area is 123 Å². The lowest BCUT2D eigenvalue weighted by Gasteiger charge is -2.31. The van der Waals surface area contributed by atoms with E-state index in [1.54, 1.807) is 0 Å². The molecule has 0 saturated heterocycles. The summed E-state index contributed by atoms with van der Waals surface area (Å²) in [5.41, 5.74) is 3.60. The summed E-state index contributed by atoms with van der Waals surface area (Å²) in [6.07, 6.45) is 1.53. The number of carboxylic acids is 2. The van der Waals surface area contributed by atoms with Crippen LogP contribution in [0.1, 0.15) is 35.4 Å². The second-order valence-electron chi connectivity index (χ2n) is 6.57. The van der Waals surface area contributed by atoms with Crippen molar-refractivity contribution in [2.45, 2.75) is 32.6 Å². The Hall–Kier alpha value is -1.84. The summed E-state index contributed by atoms with van der Waals surface area (Å²) >= 11 is 0. The van der Waals surface area contributed by atoms with Gasteiger partial charge in [-0.3, -0.25) is 9.59 Å². The lowest BCUT2D eigenvalue weighted by Crippen LogP contribution is -2.37. The summed E-state index contributed by atoms with van der Waals surface area (Å²) in [5, 5.41) is 18.8. The van der Waals surface area contributed by atoms with E-state index in [1.807, 2.05) is 0 Å². The maximum absolute atomic E-state index is 11.5. The first kappa shape index (κ1) is 14.1. The Balaban J connectivity index is 1.93. The van der Waals surface area contributed by atoms with Gasteiger partial charge in [0.15, 0.2) is 0 Å². The monoisotopic (exact) mass is 288 g/mol. The molecule has 5 atom stereocenters. The van der Waals surface area contributed by atoms with Crippen molar-refractivity contribution in [2.75, 3.05) is 0 Å². The maximum atomic E-state index is 11.5. The first-order valence-corrected chi connectivity index (χ1v) is 7.43. The van der Waals surface area contributed by atoms with Gasteiger partial charge in [0, 0.05) is 0 Å². The van der Waals surface area contributed by atoms with Crippen LogP contribution >= 0.6 is 0 Å². The van der Waals surface area contributed by atoms with Gasteiger partial charge in [-0.1, -0.05) is 18.2 Å². The molecule has 0 heterocycles. The molecule has 0 aliphatic heterocycles. The van der Waals surface area contributed by atoms with E-state index in [2.05, 4.69) is 32.0 Å². The molecule has 1 aromatic rings. The molecule has 3 rings (SSSR count). The average Bonchev–Trinajstić information content (AvgIpc) is 2.99. The Morgan fingerprint density at radius 3 is 2.24 bits per heavy atom. The highest BCUT2D eigenvalue weighted by Crippen LogP contribution is 2.58. The molecule has 2 saturated carbocycles. The van der Waals surface area contributed by atoms with Crippen molar-refractivity contribution in [1.82, 2.24) is 0 Å². The van der Waals surface area contributed by atoms with Crippen LogP contribution in [0, 0.1) is 37.5 Å². The van der Waals surface area contributed by atoms with E-state index >= 15 is 0 Å². The van der Waals surface area contributed by atoms with E-state index in [0.717, 1.165) is 12.8 Å². The highest BCUT2D eigenvalue weighted by molar-refractivity contribution is 5.82. The molecular weight excluding hydrogens is 268 g/mol. The molecule has 21 heavy (non-hydrogen) atoms. The number of rotatable bonds is 3. The zero-order valence-electron chi connectivity index (χ0n) is 12.2. The van der Waals surface area contributed by atoms with Gasteiger partial charge in [0.05, 0.1) is 11.8 Å². The molecule has 0 amide bonds. The van der Waals surface area contributed by atoms with Gasteiger partial charge in [0.25, 0.3) is 0 Å². The van der Waals surface area contributed by atoms with Crippen LogP contribution < -0.4 is 0 Å². The summed E-state index contributed by atoms with van der Waals surface area (Å²) in [5.74, 6) is -3.22. The minimum atomic E-state index is -0.955. The minimum absolute atomic E-state index is 0.000194. The standard InChI is InChI=1S/C17H20O4/c1-8-3-4-10(5-9(8)2)12-6-11-7-13(12)15(17(20)21)14(11)16(18)19/h3-5,11-15H,6-7H2,1-2H3,(H,18,19)(H,20,21)/t11-,12-,13+,14-,15-/m0/s1. The van der Waals surface area contributed by atoms with Crippen LogP contribution in [0.4, 0.5) is 0 Å². The Bertz CT molecular complexity index is 607. The number of hydrogen-bond donors (Lipinski definition) is 2. The molecule has 2 aliphatic rings. The Morgan fingerprint density at radius 2 is 1.67 bits per heavy atom. The summed E-state index contributed by atoms with van der Waals surface area (Å²) in [7, 11) is 0. The molecule has 2 N–H and O–H groups in total. The molecule has 0 unspecified atom stereocenters. The predicted octanol–water partition coefficient (Wildman–Crippen LogP) is 2.83. The van der Waals surface area contributed by atoms with Crippen LogP contribution in [0.25, 0.3) is 0 Å². The van der Waals surface area contributed by atoms with Crippen LogP contribution in [0.2, 0.25) is 0 Å². The van der Waals surface area contributed by atoms with Gasteiger partial charge in [0.1, 0.15) is 0 Å². The molecular formula is C17H20O4. The van der Waals surface area contributed by atoms with Gasteiger partial charge in [-0.2, -0.15) is 0 Å². The average molecular weight is 288 g/mol. The summed E-state index contributed by atoms with van der Waals surface area (Å²) in [6.45, 7) is 4.11. The third-order valence-electron chi connectivity index (χ3n) is 5.53. The summed E-state index contributed by atoms with van der Waals surface area (Å²) < 4.78 is 0. The zero-order valence-corrected chi connectivity index (χ0v) is 12.2. The number of carbonyl (C=O) groups is 2. The minimum Gasteiger partial charge on any atom is -0.481 e. The number of aryl methyl sites for hydroxylation is 2. The van der Waals surface area contributed by atoms with Gasteiger partial charge < -0.3 is 10.2 Å². The lowest BCUT2D eigenvalue weighted by molar-refractivity contribution is -0.156. The Kier molecular flexibility index (Phi) is 3.27. The van der Waals surface area contributed by atoms with Crippen molar-refractivity contribution in [1.29, 1.82) is 0 Å². The maximum Gasteiger partial charge on any atom is 0.307 e. The largest absolute Gasteiger partial charge is 0.481 e. The predicted molar refractivity (Wildman–Crippen MR) is 77.1 cm³/mol. The van der Waals surface area contributed by atoms with E-state index in [9.17, 15) is 19.8 Å². The number of benzene rings is 1. The summed E-state index contributed by atoms with van der Waals surface area (Å²) in [4.78, 5) is 22.9. The topological polar surface area (TPSA) is 74.6 Å². The molecule has 0 radical (unpaired) electrons. The van der Waals surface area contributed by atoms with Crippen molar-refractivity contribution < 1.29 is 19.8 Å². The fourth-order valence-electron chi connectivity index (χ4n) is 4.43. The van der Waals surface area contributed by atoms with E-state index < -0.39 is 23.8 Å². The molecule has 2 bridgehead atoms. The molecule has 4 heteroatoms. The first-order chi connectivity index (χ1) is 9.90. The van der Waals surface area contributed by atoms with E-state index in [1.165, 1.54) is 16.7 Å². The van der Waals surface area contributed by atoms with Gasteiger partial charge in [-0.15, -0.1) is 0 Å². The fraction of sp³-hybridized carbons (Fsp3) is 0.529. The molecule has 4 nitrogen and oxygen atoms in total. The third kappa shape index (κ3) is 2.13. The van der Waals surface area contributed by atoms with Crippen molar-refractivity contribution in [2.24, 2.45) is 23.7 Å². The smallest absolute Gasteiger partial charge is 0.307 e. The number of fused-ring (bicyclic) bond motifs is 2. The van der Waals surface area contributed by atoms with Crippen molar-refractivity contribution in [3.63, 3.8) is 0 Å². The quantitative estimate of drug-likeness (QED) is 0.897. The fourth-order valence-corrected chi connectivity index (χ4v) is 4.43. The van der Waals surface area contributed by atoms with Crippen molar-refractivity contribution in [3.05, 3.63) is 34.9 Å². The highest BCUT2D eigenvalue weighted by Gasteiger charge is 2.58. The molecule has 1 aromatic carbocycles. The normalized spacial score (nSPS) is 34.1. The van der Waals surface area contributed by atoms with Gasteiger partial charge >= 0.3 is 11.9 Å². The van der Waals surface area contributed by atoms with Gasteiger partial charge in [0.2, 0.25) is 0 Å². The second kappa shape index (κ2) is 4.86. The lowest BCUT2D eigenvalue weighted by atomic mass is 9.71. The molecule has 2 aliphatic carbocycles.